The highest BCUT2D eigenvalue weighted by atomic mass is 19.1. The predicted octanol–water partition coefficient (Wildman–Crippen LogP) is 4.91. The molecule has 3 aromatic carbocycles. The van der Waals surface area contributed by atoms with E-state index >= 15 is 0 Å². The summed E-state index contributed by atoms with van der Waals surface area (Å²) in [5.41, 5.74) is 2.10. The largest absolute Gasteiger partial charge is 0.324 e. The van der Waals surface area contributed by atoms with Crippen LogP contribution in [0.15, 0.2) is 78.9 Å². The zero-order chi connectivity index (χ0) is 20.9. The molecule has 1 saturated heterocycles. The van der Waals surface area contributed by atoms with Gasteiger partial charge in [0.25, 0.3) is 5.91 Å². The van der Waals surface area contributed by atoms with Gasteiger partial charge in [0.1, 0.15) is 5.82 Å². The molecule has 0 aromatic heterocycles. The lowest BCUT2D eigenvalue weighted by molar-refractivity contribution is 0.102. The van der Waals surface area contributed by atoms with Gasteiger partial charge in [-0.3, -0.25) is 9.69 Å². The number of nitrogens with one attached hydrogen (secondary N) is 1. The fourth-order valence-electron chi connectivity index (χ4n) is 3.61. The van der Waals surface area contributed by atoms with E-state index in [4.69, 9.17) is 0 Å². The van der Waals surface area contributed by atoms with Crippen LogP contribution in [0.2, 0.25) is 0 Å². The maximum Gasteiger partial charge on any atom is 0.324 e. The van der Waals surface area contributed by atoms with Gasteiger partial charge in [-0.1, -0.05) is 54.6 Å². The standard InChI is InChI=1S/C24H22FN3O2/c25-20-12-5-4-11-19(20)23(29)26-21-13-6-7-14-22(21)28-16-8-15-27(24(28)30)17-18-9-2-1-3-10-18/h1-7,9-14H,8,15-17H2,(H,26,29). The summed E-state index contributed by atoms with van der Waals surface area (Å²) in [5.74, 6) is -1.14. The highest BCUT2D eigenvalue weighted by Crippen LogP contribution is 2.29. The van der Waals surface area contributed by atoms with E-state index in [1.165, 1.54) is 18.2 Å². The SMILES string of the molecule is O=C(Nc1ccccc1N1CCCN(Cc2ccccc2)C1=O)c1ccccc1F. The minimum absolute atomic E-state index is 0.0389. The molecule has 5 nitrogen and oxygen atoms in total. The Hall–Kier alpha value is -3.67. The fourth-order valence-corrected chi connectivity index (χ4v) is 3.61. The van der Waals surface area contributed by atoms with Crippen molar-refractivity contribution in [2.75, 3.05) is 23.3 Å². The van der Waals surface area contributed by atoms with E-state index in [0.717, 1.165) is 12.0 Å². The third-order valence-electron chi connectivity index (χ3n) is 5.09. The third-order valence-corrected chi connectivity index (χ3v) is 5.09. The number of hydrogen-bond donors (Lipinski definition) is 1. The van der Waals surface area contributed by atoms with Gasteiger partial charge in [0.05, 0.1) is 16.9 Å². The molecule has 3 aromatic rings. The number of anilines is 2. The van der Waals surface area contributed by atoms with Gasteiger partial charge in [-0.05, 0) is 36.2 Å². The highest BCUT2D eigenvalue weighted by molar-refractivity contribution is 6.07. The van der Waals surface area contributed by atoms with Gasteiger partial charge in [0.15, 0.2) is 0 Å². The molecule has 0 aliphatic carbocycles. The number of urea groups is 1. The van der Waals surface area contributed by atoms with Crippen molar-refractivity contribution in [3.8, 4) is 0 Å². The Labute approximate surface area is 174 Å². The first kappa shape index (κ1) is 19.6. The average Bonchev–Trinajstić information content (AvgIpc) is 2.77. The number of benzene rings is 3. The minimum atomic E-state index is -0.587. The minimum Gasteiger partial charge on any atom is -0.320 e. The number of rotatable bonds is 5. The summed E-state index contributed by atoms with van der Waals surface area (Å²) in [5, 5.41) is 2.76. The molecule has 1 aliphatic rings. The molecule has 1 aliphatic heterocycles. The number of hydrogen-bond acceptors (Lipinski definition) is 2. The molecule has 0 radical (unpaired) electrons. The molecule has 1 heterocycles. The number of carbonyl (C=O) groups is 2. The van der Waals surface area contributed by atoms with Crippen molar-refractivity contribution in [2.45, 2.75) is 13.0 Å². The number of carbonyl (C=O) groups excluding carboxylic acids is 2. The number of amides is 3. The molecule has 0 unspecified atom stereocenters. The molecule has 1 fully saturated rings. The van der Waals surface area contributed by atoms with Gasteiger partial charge in [0.2, 0.25) is 0 Å². The molecule has 0 bridgehead atoms. The Morgan fingerprint density at radius 2 is 1.60 bits per heavy atom. The second-order valence-corrected chi connectivity index (χ2v) is 7.15. The lowest BCUT2D eigenvalue weighted by atomic mass is 10.1. The van der Waals surface area contributed by atoms with Crippen LogP contribution in [0.3, 0.4) is 0 Å². The smallest absolute Gasteiger partial charge is 0.320 e. The second kappa shape index (κ2) is 8.78. The first-order chi connectivity index (χ1) is 14.6. The summed E-state index contributed by atoms with van der Waals surface area (Å²) in [6.45, 7) is 1.75. The van der Waals surface area contributed by atoms with Gasteiger partial charge in [0, 0.05) is 19.6 Å². The maximum atomic E-state index is 14.0. The Morgan fingerprint density at radius 1 is 0.900 bits per heavy atom. The molecular weight excluding hydrogens is 381 g/mol. The third kappa shape index (κ3) is 4.17. The van der Waals surface area contributed by atoms with E-state index in [-0.39, 0.29) is 11.6 Å². The fraction of sp³-hybridized carbons (Fsp3) is 0.167. The monoisotopic (exact) mass is 403 g/mol. The molecule has 0 saturated carbocycles. The number of para-hydroxylation sites is 2. The van der Waals surface area contributed by atoms with Gasteiger partial charge in [-0.15, -0.1) is 0 Å². The van der Waals surface area contributed by atoms with Crippen molar-refractivity contribution in [1.29, 1.82) is 0 Å². The molecule has 152 valence electrons. The lowest BCUT2D eigenvalue weighted by Crippen LogP contribution is -2.49. The van der Waals surface area contributed by atoms with Crippen LogP contribution in [0.5, 0.6) is 0 Å². The van der Waals surface area contributed by atoms with Crippen molar-refractivity contribution in [1.82, 2.24) is 4.90 Å². The summed E-state index contributed by atoms with van der Waals surface area (Å²) in [6, 6.07) is 22.7. The van der Waals surface area contributed by atoms with Gasteiger partial charge >= 0.3 is 6.03 Å². The van der Waals surface area contributed by atoms with Gasteiger partial charge in [-0.25, -0.2) is 9.18 Å². The predicted molar refractivity (Wildman–Crippen MR) is 115 cm³/mol. The highest BCUT2D eigenvalue weighted by Gasteiger charge is 2.28. The van der Waals surface area contributed by atoms with Crippen molar-refractivity contribution in [2.24, 2.45) is 0 Å². The number of halogens is 1. The van der Waals surface area contributed by atoms with E-state index in [1.807, 2.05) is 36.4 Å². The van der Waals surface area contributed by atoms with Gasteiger partial charge in [-0.2, -0.15) is 0 Å². The van der Waals surface area contributed by atoms with Crippen LogP contribution in [0, 0.1) is 5.82 Å². The quantitative estimate of drug-likeness (QED) is 0.658. The molecule has 3 amide bonds. The molecule has 30 heavy (non-hydrogen) atoms. The summed E-state index contributed by atoms with van der Waals surface area (Å²) >= 11 is 0. The van der Waals surface area contributed by atoms with Crippen molar-refractivity contribution < 1.29 is 14.0 Å². The second-order valence-electron chi connectivity index (χ2n) is 7.15. The van der Waals surface area contributed by atoms with Crippen molar-refractivity contribution in [3.63, 3.8) is 0 Å². The van der Waals surface area contributed by atoms with Crippen LogP contribution in [0.1, 0.15) is 22.3 Å². The molecule has 0 atom stereocenters. The number of nitrogens with zero attached hydrogens (tertiary/aromatic N) is 2. The van der Waals surface area contributed by atoms with Crippen LogP contribution in [0.4, 0.5) is 20.6 Å². The summed E-state index contributed by atoms with van der Waals surface area (Å²) < 4.78 is 14.0. The molecule has 1 N–H and O–H groups in total. The normalized spacial score (nSPS) is 14.0. The Morgan fingerprint density at radius 3 is 2.40 bits per heavy atom. The van der Waals surface area contributed by atoms with Crippen LogP contribution in [-0.2, 0) is 6.54 Å². The van der Waals surface area contributed by atoms with Crippen molar-refractivity contribution in [3.05, 3.63) is 95.8 Å². The maximum absolute atomic E-state index is 14.0. The molecule has 4 rings (SSSR count). The Kier molecular flexibility index (Phi) is 5.75. The van der Waals surface area contributed by atoms with E-state index in [0.29, 0.717) is 31.0 Å². The molecular formula is C24H22FN3O2. The van der Waals surface area contributed by atoms with Crippen LogP contribution >= 0.6 is 0 Å². The summed E-state index contributed by atoms with van der Waals surface area (Å²) in [4.78, 5) is 29.2. The zero-order valence-corrected chi connectivity index (χ0v) is 16.4. The van der Waals surface area contributed by atoms with Crippen LogP contribution < -0.4 is 10.2 Å². The lowest BCUT2D eigenvalue weighted by Gasteiger charge is -2.36. The Bertz CT molecular complexity index is 1060. The summed E-state index contributed by atoms with van der Waals surface area (Å²) in [7, 11) is 0. The van der Waals surface area contributed by atoms with Crippen LogP contribution in [-0.4, -0.2) is 29.9 Å². The van der Waals surface area contributed by atoms with E-state index in [2.05, 4.69) is 5.32 Å². The zero-order valence-electron chi connectivity index (χ0n) is 16.4. The first-order valence-corrected chi connectivity index (χ1v) is 9.89. The topological polar surface area (TPSA) is 52.7 Å². The first-order valence-electron chi connectivity index (χ1n) is 9.89. The van der Waals surface area contributed by atoms with E-state index < -0.39 is 11.7 Å². The molecule has 0 spiro atoms. The van der Waals surface area contributed by atoms with E-state index in [1.54, 1.807) is 34.1 Å². The molecule has 6 heteroatoms. The van der Waals surface area contributed by atoms with Crippen molar-refractivity contribution >= 4 is 23.3 Å². The summed E-state index contributed by atoms with van der Waals surface area (Å²) in [6.07, 6.45) is 0.814. The average molecular weight is 403 g/mol. The van der Waals surface area contributed by atoms with Crippen LogP contribution in [0.25, 0.3) is 0 Å². The van der Waals surface area contributed by atoms with E-state index in [9.17, 15) is 14.0 Å². The van der Waals surface area contributed by atoms with Gasteiger partial charge < -0.3 is 10.2 Å². The Balaban J connectivity index is 1.56.